The van der Waals surface area contributed by atoms with Crippen LogP contribution in [0.25, 0.3) is 0 Å². The molecule has 1 heterocycles. The molecule has 4 heteroatoms. The smallest absolute Gasteiger partial charge is 0.227 e. The van der Waals surface area contributed by atoms with Crippen molar-refractivity contribution in [2.45, 2.75) is 33.6 Å². The second kappa shape index (κ2) is 5.75. The highest BCUT2D eigenvalue weighted by molar-refractivity contribution is 4.87. The van der Waals surface area contributed by atoms with Crippen LogP contribution in [0.5, 0.6) is 0 Å². The fourth-order valence-corrected chi connectivity index (χ4v) is 1.21. The van der Waals surface area contributed by atoms with Crippen LogP contribution in [0.4, 0.5) is 0 Å². The fourth-order valence-electron chi connectivity index (χ4n) is 1.21. The lowest BCUT2D eigenvalue weighted by Crippen LogP contribution is -2.16. The second-order valence-corrected chi connectivity index (χ2v) is 3.81. The highest BCUT2D eigenvalue weighted by atomic mass is 16.5. The van der Waals surface area contributed by atoms with Crippen molar-refractivity contribution < 1.29 is 4.52 Å². The van der Waals surface area contributed by atoms with Crippen molar-refractivity contribution in [1.29, 1.82) is 0 Å². The van der Waals surface area contributed by atoms with Gasteiger partial charge in [-0.3, -0.25) is 0 Å². The number of rotatable bonds is 6. The summed E-state index contributed by atoms with van der Waals surface area (Å²) in [6, 6.07) is 0. The van der Waals surface area contributed by atoms with Gasteiger partial charge in [-0.25, -0.2) is 0 Å². The number of likely N-dealkylation sites (N-methyl/N-ethyl adjacent to an activating group) is 1. The van der Waals surface area contributed by atoms with Gasteiger partial charge in [-0.1, -0.05) is 25.9 Å². The van der Waals surface area contributed by atoms with E-state index in [0.29, 0.717) is 5.92 Å². The van der Waals surface area contributed by atoms with Crippen molar-refractivity contribution in [2.75, 3.05) is 13.1 Å². The Morgan fingerprint density at radius 3 is 2.86 bits per heavy atom. The third-order valence-corrected chi connectivity index (χ3v) is 1.87. The molecular weight excluding hydrogens is 178 g/mol. The Kier molecular flexibility index (Phi) is 4.59. The molecule has 14 heavy (non-hydrogen) atoms. The van der Waals surface area contributed by atoms with Crippen LogP contribution < -0.4 is 5.32 Å². The van der Waals surface area contributed by atoms with Gasteiger partial charge in [0.1, 0.15) is 0 Å². The molecule has 80 valence electrons. The molecule has 0 aromatic carbocycles. The maximum absolute atomic E-state index is 5.11. The van der Waals surface area contributed by atoms with Gasteiger partial charge in [0, 0.05) is 19.4 Å². The highest BCUT2D eigenvalue weighted by Gasteiger charge is 2.06. The molecule has 0 saturated heterocycles. The van der Waals surface area contributed by atoms with Crippen LogP contribution in [0.15, 0.2) is 4.52 Å². The van der Waals surface area contributed by atoms with E-state index < -0.39 is 0 Å². The molecule has 0 atom stereocenters. The van der Waals surface area contributed by atoms with Crippen molar-refractivity contribution in [3.63, 3.8) is 0 Å². The number of nitrogens with one attached hydrogen (secondary N) is 1. The SMILES string of the molecule is CCNCCc1nc(CC(C)C)no1. The molecule has 0 fully saturated rings. The van der Waals surface area contributed by atoms with Gasteiger partial charge in [-0.05, 0) is 12.5 Å². The number of aromatic nitrogens is 2. The Morgan fingerprint density at radius 2 is 2.21 bits per heavy atom. The predicted octanol–water partition coefficient (Wildman–Crippen LogP) is 1.42. The van der Waals surface area contributed by atoms with Gasteiger partial charge in [-0.15, -0.1) is 0 Å². The van der Waals surface area contributed by atoms with Crippen LogP contribution in [-0.2, 0) is 12.8 Å². The van der Waals surface area contributed by atoms with Crippen molar-refractivity contribution in [3.05, 3.63) is 11.7 Å². The molecule has 1 aromatic heterocycles. The van der Waals surface area contributed by atoms with Gasteiger partial charge in [0.05, 0.1) is 0 Å². The molecule has 0 aliphatic heterocycles. The van der Waals surface area contributed by atoms with Crippen molar-refractivity contribution in [1.82, 2.24) is 15.5 Å². The summed E-state index contributed by atoms with van der Waals surface area (Å²) < 4.78 is 5.11. The summed E-state index contributed by atoms with van der Waals surface area (Å²) in [5, 5.41) is 7.14. The van der Waals surface area contributed by atoms with Crippen molar-refractivity contribution in [3.8, 4) is 0 Å². The number of hydrogen-bond acceptors (Lipinski definition) is 4. The van der Waals surface area contributed by atoms with Gasteiger partial charge in [0.2, 0.25) is 5.89 Å². The third kappa shape index (κ3) is 3.87. The first kappa shape index (κ1) is 11.2. The zero-order valence-electron chi connectivity index (χ0n) is 9.21. The van der Waals surface area contributed by atoms with Gasteiger partial charge in [0.25, 0.3) is 0 Å². The maximum atomic E-state index is 5.11. The minimum atomic E-state index is 0.578. The Balaban J connectivity index is 2.35. The van der Waals surface area contributed by atoms with E-state index in [2.05, 4.69) is 36.2 Å². The maximum Gasteiger partial charge on any atom is 0.227 e. The Bertz CT molecular complexity index is 258. The third-order valence-electron chi connectivity index (χ3n) is 1.87. The van der Waals surface area contributed by atoms with E-state index in [9.17, 15) is 0 Å². The zero-order valence-corrected chi connectivity index (χ0v) is 9.21. The molecule has 0 amide bonds. The van der Waals surface area contributed by atoms with Crippen LogP contribution in [-0.4, -0.2) is 23.2 Å². The molecule has 0 saturated carbocycles. The molecule has 1 rings (SSSR count). The van der Waals surface area contributed by atoms with Gasteiger partial charge in [-0.2, -0.15) is 4.98 Å². The normalized spacial score (nSPS) is 11.1. The predicted molar refractivity (Wildman–Crippen MR) is 55.1 cm³/mol. The summed E-state index contributed by atoms with van der Waals surface area (Å²) in [4.78, 5) is 4.30. The monoisotopic (exact) mass is 197 g/mol. The average Bonchev–Trinajstić information content (AvgIpc) is 2.52. The Labute approximate surface area is 85.1 Å². The molecule has 0 aliphatic carbocycles. The molecule has 0 spiro atoms. The molecule has 1 aromatic rings. The van der Waals surface area contributed by atoms with Crippen molar-refractivity contribution >= 4 is 0 Å². The number of hydrogen-bond donors (Lipinski definition) is 1. The van der Waals surface area contributed by atoms with Crippen LogP contribution in [0.3, 0.4) is 0 Å². The summed E-state index contributed by atoms with van der Waals surface area (Å²) >= 11 is 0. The van der Waals surface area contributed by atoms with E-state index >= 15 is 0 Å². The molecule has 0 unspecified atom stereocenters. The largest absolute Gasteiger partial charge is 0.339 e. The van der Waals surface area contributed by atoms with E-state index in [1.165, 1.54) is 0 Å². The van der Waals surface area contributed by atoms with Crippen LogP contribution >= 0.6 is 0 Å². The van der Waals surface area contributed by atoms with Gasteiger partial charge < -0.3 is 9.84 Å². The average molecular weight is 197 g/mol. The lowest BCUT2D eigenvalue weighted by Gasteiger charge is -1.96. The van der Waals surface area contributed by atoms with E-state index in [4.69, 9.17) is 4.52 Å². The highest BCUT2D eigenvalue weighted by Crippen LogP contribution is 2.04. The molecule has 0 aliphatic rings. The first-order valence-corrected chi connectivity index (χ1v) is 5.24. The van der Waals surface area contributed by atoms with E-state index in [-0.39, 0.29) is 0 Å². The lowest BCUT2D eigenvalue weighted by atomic mass is 10.1. The van der Waals surface area contributed by atoms with Crippen LogP contribution in [0.2, 0.25) is 0 Å². The van der Waals surface area contributed by atoms with E-state index in [1.54, 1.807) is 0 Å². The first-order valence-electron chi connectivity index (χ1n) is 5.24. The standard InChI is InChI=1S/C10H19N3O/c1-4-11-6-5-10-12-9(13-14-10)7-8(2)3/h8,11H,4-7H2,1-3H3. The first-order chi connectivity index (χ1) is 6.72. The second-order valence-electron chi connectivity index (χ2n) is 3.81. The molecular formula is C10H19N3O. The minimum absolute atomic E-state index is 0.578. The summed E-state index contributed by atoms with van der Waals surface area (Å²) in [7, 11) is 0. The summed E-state index contributed by atoms with van der Waals surface area (Å²) in [5.74, 6) is 2.14. The summed E-state index contributed by atoms with van der Waals surface area (Å²) in [5.41, 5.74) is 0. The number of nitrogens with zero attached hydrogens (tertiary/aromatic N) is 2. The quantitative estimate of drug-likeness (QED) is 0.701. The van der Waals surface area contributed by atoms with E-state index in [0.717, 1.165) is 37.6 Å². The zero-order chi connectivity index (χ0) is 10.4. The molecule has 0 bridgehead atoms. The molecule has 0 radical (unpaired) electrons. The lowest BCUT2D eigenvalue weighted by molar-refractivity contribution is 0.369. The summed E-state index contributed by atoms with van der Waals surface area (Å²) in [6.45, 7) is 8.26. The van der Waals surface area contributed by atoms with Gasteiger partial charge in [0.15, 0.2) is 5.82 Å². The minimum Gasteiger partial charge on any atom is -0.339 e. The Morgan fingerprint density at radius 1 is 1.43 bits per heavy atom. The van der Waals surface area contributed by atoms with Gasteiger partial charge >= 0.3 is 0 Å². The molecule has 4 nitrogen and oxygen atoms in total. The Hall–Kier alpha value is -0.900. The van der Waals surface area contributed by atoms with Crippen molar-refractivity contribution in [2.24, 2.45) is 5.92 Å². The topological polar surface area (TPSA) is 51.0 Å². The van der Waals surface area contributed by atoms with E-state index in [1.807, 2.05) is 0 Å². The summed E-state index contributed by atoms with van der Waals surface area (Å²) in [6.07, 6.45) is 1.71. The molecule has 1 N–H and O–H groups in total. The fraction of sp³-hybridized carbons (Fsp3) is 0.800. The van der Waals surface area contributed by atoms with Crippen LogP contribution in [0, 0.1) is 5.92 Å². The van der Waals surface area contributed by atoms with Crippen LogP contribution in [0.1, 0.15) is 32.5 Å².